The Hall–Kier alpha value is -3.71. The number of amides is 2. The smallest absolute Gasteiger partial charge is 0.256 e. The van der Waals surface area contributed by atoms with Crippen LogP contribution in [0.4, 0.5) is 0 Å². The maximum atomic E-state index is 13.4. The van der Waals surface area contributed by atoms with Crippen molar-refractivity contribution in [3.8, 4) is 5.95 Å². The average molecular weight is 460 g/mol. The fourth-order valence-electron chi connectivity index (χ4n) is 4.15. The summed E-state index contributed by atoms with van der Waals surface area (Å²) in [5.74, 6) is 0.526. The molecule has 0 aliphatic carbocycles. The van der Waals surface area contributed by atoms with Crippen molar-refractivity contribution in [2.45, 2.75) is 6.42 Å². The molecule has 33 heavy (non-hydrogen) atoms. The van der Waals surface area contributed by atoms with Gasteiger partial charge in [-0.15, -0.1) is 0 Å². The second-order valence-electron chi connectivity index (χ2n) is 7.95. The normalized spacial score (nSPS) is 14.0. The number of benzene rings is 2. The van der Waals surface area contributed by atoms with E-state index >= 15 is 0 Å². The van der Waals surface area contributed by atoms with E-state index in [4.69, 9.17) is 11.6 Å². The highest BCUT2D eigenvalue weighted by Gasteiger charge is 2.27. The lowest BCUT2D eigenvalue weighted by Crippen LogP contribution is -2.51. The minimum Gasteiger partial charge on any atom is -0.339 e. The van der Waals surface area contributed by atoms with Crippen LogP contribution in [0.5, 0.6) is 0 Å². The number of para-hydroxylation sites is 1. The predicted molar refractivity (Wildman–Crippen MR) is 127 cm³/mol. The van der Waals surface area contributed by atoms with E-state index in [2.05, 4.69) is 9.97 Å². The summed E-state index contributed by atoms with van der Waals surface area (Å²) < 4.78 is 1.84. The number of rotatable bonds is 4. The summed E-state index contributed by atoms with van der Waals surface area (Å²) in [6.07, 6.45) is 5.49. The number of halogens is 1. The highest BCUT2D eigenvalue weighted by molar-refractivity contribution is 6.30. The van der Waals surface area contributed by atoms with Crippen LogP contribution in [-0.2, 0) is 11.2 Å². The van der Waals surface area contributed by atoms with Crippen LogP contribution >= 0.6 is 11.6 Å². The predicted octanol–water partition coefficient (Wildman–Crippen LogP) is 3.60. The summed E-state index contributed by atoms with van der Waals surface area (Å²) in [7, 11) is 0. The van der Waals surface area contributed by atoms with Crippen molar-refractivity contribution in [2.75, 3.05) is 26.2 Å². The van der Waals surface area contributed by atoms with Gasteiger partial charge in [-0.3, -0.25) is 14.2 Å². The van der Waals surface area contributed by atoms with Gasteiger partial charge in [0.2, 0.25) is 11.9 Å². The van der Waals surface area contributed by atoms with Crippen molar-refractivity contribution >= 4 is 34.3 Å². The van der Waals surface area contributed by atoms with E-state index in [-0.39, 0.29) is 11.8 Å². The van der Waals surface area contributed by atoms with Gasteiger partial charge in [0.1, 0.15) is 0 Å². The maximum Gasteiger partial charge on any atom is 0.256 e. The standard InChI is InChI=1S/C25H22ClN5O2/c26-19-8-6-18(7-9-19)16-23(32)29-12-14-30(15-13-29)24(33)21-17-31(25-27-10-3-11-28-25)22-5-2-1-4-20(21)22/h1-11,17H,12-16H2. The van der Waals surface area contributed by atoms with Gasteiger partial charge in [-0.05, 0) is 29.8 Å². The molecule has 2 aromatic heterocycles. The van der Waals surface area contributed by atoms with Crippen molar-refractivity contribution in [1.29, 1.82) is 0 Å². The van der Waals surface area contributed by atoms with Gasteiger partial charge >= 0.3 is 0 Å². The van der Waals surface area contributed by atoms with E-state index in [0.29, 0.717) is 49.1 Å². The fourth-order valence-corrected chi connectivity index (χ4v) is 4.28. The molecule has 1 aliphatic heterocycles. The van der Waals surface area contributed by atoms with Crippen LogP contribution in [0.25, 0.3) is 16.9 Å². The first-order chi connectivity index (χ1) is 16.1. The first-order valence-corrected chi connectivity index (χ1v) is 11.2. The molecule has 0 spiro atoms. The van der Waals surface area contributed by atoms with Gasteiger partial charge in [-0.1, -0.05) is 41.9 Å². The van der Waals surface area contributed by atoms with Crippen LogP contribution < -0.4 is 0 Å². The van der Waals surface area contributed by atoms with Crippen molar-refractivity contribution in [3.63, 3.8) is 0 Å². The number of fused-ring (bicyclic) bond motifs is 1. The minimum absolute atomic E-state index is 0.0503. The summed E-state index contributed by atoms with van der Waals surface area (Å²) in [5, 5.41) is 1.51. The molecule has 0 N–H and O–H groups in total. The number of hydrogen-bond donors (Lipinski definition) is 0. The average Bonchev–Trinajstić information content (AvgIpc) is 3.25. The molecule has 3 heterocycles. The third-order valence-electron chi connectivity index (χ3n) is 5.90. The molecule has 8 heteroatoms. The minimum atomic E-state index is -0.0503. The van der Waals surface area contributed by atoms with Crippen molar-refractivity contribution in [1.82, 2.24) is 24.3 Å². The quantitative estimate of drug-likeness (QED) is 0.467. The van der Waals surface area contributed by atoms with E-state index < -0.39 is 0 Å². The fraction of sp³-hybridized carbons (Fsp3) is 0.200. The summed E-state index contributed by atoms with van der Waals surface area (Å²) >= 11 is 5.92. The number of carbonyl (C=O) groups excluding carboxylic acids is 2. The Kier molecular flexibility index (Phi) is 5.79. The Morgan fingerprint density at radius 3 is 2.24 bits per heavy atom. The molecule has 1 aliphatic rings. The molecule has 0 atom stereocenters. The Morgan fingerprint density at radius 1 is 0.848 bits per heavy atom. The zero-order chi connectivity index (χ0) is 22.8. The maximum absolute atomic E-state index is 13.4. The number of aromatic nitrogens is 3. The zero-order valence-electron chi connectivity index (χ0n) is 17.9. The molecule has 5 rings (SSSR count). The molecule has 2 aromatic carbocycles. The highest BCUT2D eigenvalue weighted by atomic mass is 35.5. The molecule has 0 saturated carbocycles. The van der Waals surface area contributed by atoms with Crippen molar-refractivity contribution < 1.29 is 9.59 Å². The van der Waals surface area contributed by atoms with Gasteiger partial charge in [0.25, 0.3) is 5.91 Å². The molecule has 1 saturated heterocycles. The second kappa shape index (κ2) is 9.03. The van der Waals surface area contributed by atoms with Crippen LogP contribution in [-0.4, -0.2) is 62.3 Å². The lowest BCUT2D eigenvalue weighted by atomic mass is 10.1. The van der Waals surface area contributed by atoms with Crippen LogP contribution in [0.15, 0.2) is 73.2 Å². The number of piperazine rings is 1. The third-order valence-corrected chi connectivity index (χ3v) is 6.15. The molecule has 7 nitrogen and oxygen atoms in total. The molecular formula is C25H22ClN5O2. The molecule has 2 amide bonds. The number of nitrogens with zero attached hydrogens (tertiary/aromatic N) is 5. The Labute approximate surface area is 196 Å². The molecular weight excluding hydrogens is 438 g/mol. The van der Waals surface area contributed by atoms with E-state index in [1.807, 2.05) is 50.8 Å². The lowest BCUT2D eigenvalue weighted by molar-refractivity contribution is -0.131. The van der Waals surface area contributed by atoms with Gasteiger partial charge < -0.3 is 9.80 Å². The van der Waals surface area contributed by atoms with Gasteiger partial charge in [0.15, 0.2) is 0 Å². The lowest BCUT2D eigenvalue weighted by Gasteiger charge is -2.34. The molecule has 4 aromatic rings. The topological polar surface area (TPSA) is 71.3 Å². The van der Waals surface area contributed by atoms with Gasteiger partial charge in [0.05, 0.1) is 17.5 Å². The summed E-state index contributed by atoms with van der Waals surface area (Å²) in [6.45, 7) is 2.01. The number of hydrogen-bond acceptors (Lipinski definition) is 4. The monoisotopic (exact) mass is 459 g/mol. The van der Waals surface area contributed by atoms with Gasteiger partial charge in [-0.25, -0.2) is 9.97 Å². The Morgan fingerprint density at radius 2 is 1.52 bits per heavy atom. The van der Waals surface area contributed by atoms with Crippen LogP contribution in [0.3, 0.4) is 0 Å². The van der Waals surface area contributed by atoms with E-state index in [9.17, 15) is 9.59 Å². The van der Waals surface area contributed by atoms with Crippen LogP contribution in [0.1, 0.15) is 15.9 Å². The molecule has 0 bridgehead atoms. The Balaban J connectivity index is 1.30. The zero-order valence-corrected chi connectivity index (χ0v) is 18.7. The highest BCUT2D eigenvalue weighted by Crippen LogP contribution is 2.25. The molecule has 1 fully saturated rings. The van der Waals surface area contributed by atoms with Crippen molar-refractivity contribution in [3.05, 3.63) is 89.3 Å². The Bertz CT molecular complexity index is 1300. The second-order valence-corrected chi connectivity index (χ2v) is 8.39. The molecule has 0 unspecified atom stereocenters. The summed E-state index contributed by atoms with van der Waals surface area (Å²) in [4.78, 5) is 38.4. The molecule has 166 valence electrons. The van der Waals surface area contributed by atoms with Crippen LogP contribution in [0, 0.1) is 0 Å². The first-order valence-electron chi connectivity index (χ1n) is 10.8. The third kappa shape index (κ3) is 4.32. The van der Waals surface area contributed by atoms with Gasteiger partial charge in [0, 0.05) is 55.2 Å². The van der Waals surface area contributed by atoms with E-state index in [0.717, 1.165) is 16.5 Å². The van der Waals surface area contributed by atoms with Crippen molar-refractivity contribution in [2.24, 2.45) is 0 Å². The van der Waals surface area contributed by atoms with Gasteiger partial charge in [-0.2, -0.15) is 0 Å². The SMILES string of the molecule is O=C(Cc1ccc(Cl)cc1)N1CCN(C(=O)c2cn(-c3ncccn3)c3ccccc23)CC1. The first kappa shape index (κ1) is 21.2. The summed E-state index contributed by atoms with van der Waals surface area (Å²) in [5.41, 5.74) is 2.42. The number of carbonyl (C=O) groups is 2. The summed E-state index contributed by atoms with van der Waals surface area (Å²) in [6, 6.07) is 16.8. The van der Waals surface area contributed by atoms with E-state index in [1.54, 1.807) is 36.8 Å². The van der Waals surface area contributed by atoms with Crippen LogP contribution in [0.2, 0.25) is 5.02 Å². The molecule has 0 radical (unpaired) electrons. The largest absolute Gasteiger partial charge is 0.339 e. The van der Waals surface area contributed by atoms with E-state index in [1.165, 1.54) is 0 Å².